The third-order valence-electron chi connectivity index (χ3n) is 14.7. The molecule has 4 N–H and O–H groups in total. The van der Waals surface area contributed by atoms with Crippen LogP contribution in [-0.2, 0) is 81.2 Å². The summed E-state index contributed by atoms with van der Waals surface area (Å²) in [6.45, 7) is -0.990. The van der Waals surface area contributed by atoms with E-state index in [1.54, 1.807) is 6.07 Å². The number of amides is 1. The number of alkyl halides is 2. The number of halogens is 2. The van der Waals surface area contributed by atoms with Crippen molar-refractivity contribution < 1.29 is 64.5 Å². The fourth-order valence-electron chi connectivity index (χ4n) is 10.5. The molecule has 10 atom stereocenters. The van der Waals surface area contributed by atoms with Crippen molar-refractivity contribution in [1.82, 2.24) is 49.0 Å². The topological polar surface area (TPSA) is 295 Å². The fourth-order valence-corrected chi connectivity index (χ4v) is 15.0. The summed E-state index contributed by atoms with van der Waals surface area (Å²) in [6.07, 6.45) is -7.36. The van der Waals surface area contributed by atoms with Crippen LogP contribution in [0, 0.1) is 0 Å². The summed E-state index contributed by atoms with van der Waals surface area (Å²) in [5.74, 6) is 0.126. The van der Waals surface area contributed by atoms with E-state index in [0.717, 1.165) is 52.6 Å². The van der Waals surface area contributed by atoms with Crippen LogP contribution in [0.15, 0.2) is 104 Å². The lowest BCUT2D eigenvalue weighted by Crippen LogP contribution is -2.37. The molecule has 4 aliphatic heterocycles. The number of fused-ring (bicyclic) bond motifs is 9. The highest BCUT2D eigenvalue weighted by molar-refractivity contribution is 8.54. The Balaban J connectivity index is 0.656. The Morgan fingerprint density at radius 2 is 1.39 bits per heavy atom. The maximum atomic E-state index is 17.0. The molecule has 84 heavy (non-hydrogen) atoms. The van der Waals surface area contributed by atoms with Gasteiger partial charge in [0.1, 0.15) is 47.5 Å². The van der Waals surface area contributed by atoms with Crippen LogP contribution in [-0.4, -0.2) is 146 Å². The molecule has 3 aromatic carbocycles. The van der Waals surface area contributed by atoms with Gasteiger partial charge in [-0.25, -0.2) is 42.9 Å². The van der Waals surface area contributed by atoms with Crippen LogP contribution in [0.2, 0.25) is 0 Å². The summed E-state index contributed by atoms with van der Waals surface area (Å²) < 4.78 is 121. The van der Waals surface area contributed by atoms with Gasteiger partial charge in [-0.05, 0) is 40.2 Å². The first-order valence-corrected chi connectivity index (χ1v) is 32.2. The predicted molar refractivity (Wildman–Crippen MR) is 306 cm³/mol. The Morgan fingerprint density at radius 3 is 2.14 bits per heavy atom. The summed E-state index contributed by atoms with van der Waals surface area (Å²) in [7, 11) is -3.05. The average molecular weight is 1210 g/mol. The Bertz CT molecular complexity index is 3780. The first-order chi connectivity index (χ1) is 40.8. The lowest BCUT2D eigenvalue weighted by atomic mass is 9.95. The summed E-state index contributed by atoms with van der Waals surface area (Å²) in [5, 5.41) is 9.14. The normalized spacial score (nSPS) is 26.1. The van der Waals surface area contributed by atoms with Gasteiger partial charge in [-0.2, -0.15) is 0 Å². The second-order valence-electron chi connectivity index (χ2n) is 20.2. The molecule has 25 nitrogen and oxygen atoms in total. The monoisotopic (exact) mass is 1210 g/mol. The van der Waals surface area contributed by atoms with Crippen LogP contribution in [0.1, 0.15) is 42.5 Å². The van der Waals surface area contributed by atoms with Crippen LogP contribution < -0.4 is 16.4 Å². The summed E-state index contributed by atoms with van der Waals surface area (Å²) in [5.41, 5.74) is 20.0. The van der Waals surface area contributed by atoms with E-state index < -0.39 is 76.7 Å². The molecule has 31 heteroatoms. The summed E-state index contributed by atoms with van der Waals surface area (Å²) >= 11 is 0.770. The Kier molecular flexibility index (Phi) is 17.1. The van der Waals surface area contributed by atoms with Crippen molar-refractivity contribution >= 4 is 78.6 Å². The molecular formula is C53H58BF2N13O12P2S. The maximum Gasteiger partial charge on any atom is 0.389 e. The van der Waals surface area contributed by atoms with Gasteiger partial charge >= 0.3 is 6.80 Å². The van der Waals surface area contributed by atoms with Crippen molar-refractivity contribution in [2.24, 2.45) is 0 Å². The van der Waals surface area contributed by atoms with E-state index >= 15 is 13.3 Å². The minimum absolute atomic E-state index is 0.0251. The molecule has 0 spiro atoms. The molecule has 5 aromatic heterocycles. The van der Waals surface area contributed by atoms with Gasteiger partial charge in [-0.3, -0.25) is 27.5 Å². The highest BCUT2D eigenvalue weighted by Crippen LogP contribution is 2.65. The molecule has 0 unspecified atom stereocenters. The minimum Gasteiger partial charge on any atom is -0.397 e. The molecule has 3 fully saturated rings. The standard InChI is InChI=1S/C53H58BF2N13O12P2S/c1-2-40(70)66-23-33-7-3-4-8-34(33)46-43(35-9-5-6-10-37(35)66)64-65-69(46)17-18-73-19-20-74-21-22-75-24-31-11-13-32(14-12-31)27-84-83(72)77-26-39-47(41(55)52(79-39)68-30-63-45-49(58)60-28-61-51(45)68)80-82(54,71)76-25-38-48(81-83)42(56)53(78-38)67-29-62-44-36(57)15-16-59-50(44)67/h3-16,28-30,38-39,41-42,47-48,52-53H,2,17-27,54H2,1H3,(H2,57,59)(H2,58,60,61)/t38-,39-,41-,42-,47-,48-,52-,53-,82+,83-/m1/s1. The van der Waals surface area contributed by atoms with Crippen LogP contribution in [0.5, 0.6) is 0 Å². The molecule has 1 amide bonds. The van der Waals surface area contributed by atoms with Gasteiger partial charge in [0.05, 0.1) is 95.7 Å². The number of carbonyl (C=O) groups is 1. The minimum atomic E-state index is -4.48. The number of rotatable bonds is 17. The maximum absolute atomic E-state index is 17.0. The number of ether oxygens (including phenoxy) is 5. The van der Waals surface area contributed by atoms with Crippen molar-refractivity contribution in [2.75, 3.05) is 62.6 Å². The molecule has 3 saturated heterocycles. The lowest BCUT2D eigenvalue weighted by Gasteiger charge is -2.30. The smallest absolute Gasteiger partial charge is 0.389 e. The quantitative estimate of drug-likeness (QED) is 0.0530. The number of nitrogen functional groups attached to an aromatic ring is 2. The van der Waals surface area contributed by atoms with Crippen LogP contribution in [0.25, 0.3) is 44.8 Å². The zero-order chi connectivity index (χ0) is 58.1. The first-order valence-electron chi connectivity index (χ1n) is 27.1. The number of nitrogens with zero attached hydrogens (tertiary/aromatic N) is 11. The largest absolute Gasteiger partial charge is 0.397 e. The molecule has 4 aliphatic rings. The van der Waals surface area contributed by atoms with E-state index in [2.05, 4.69) is 35.2 Å². The predicted octanol–water partition coefficient (Wildman–Crippen LogP) is 6.94. The zero-order valence-corrected chi connectivity index (χ0v) is 48.1. The van der Waals surface area contributed by atoms with Crippen molar-refractivity contribution in [3.8, 4) is 22.5 Å². The van der Waals surface area contributed by atoms with Crippen molar-refractivity contribution in [2.45, 2.75) is 88.0 Å². The Labute approximate surface area is 484 Å². The first kappa shape index (κ1) is 57.8. The third-order valence-corrected chi connectivity index (χ3v) is 19.6. The summed E-state index contributed by atoms with van der Waals surface area (Å²) in [4.78, 5) is 36.0. The van der Waals surface area contributed by atoms with Crippen molar-refractivity contribution in [3.63, 3.8) is 0 Å². The number of benzene rings is 3. The number of nitrogens with two attached hydrogens (primary N) is 2. The molecule has 0 radical (unpaired) electrons. The number of pyridine rings is 1. The average Bonchev–Trinajstić information content (AvgIpc) is 2.03. The number of imidazole rings is 2. The Morgan fingerprint density at radius 1 is 0.750 bits per heavy atom. The van der Waals surface area contributed by atoms with E-state index in [1.807, 2.05) is 89.3 Å². The van der Waals surface area contributed by atoms with Gasteiger partial charge < -0.3 is 49.1 Å². The van der Waals surface area contributed by atoms with Crippen LogP contribution in [0.3, 0.4) is 0 Å². The van der Waals surface area contributed by atoms with Crippen molar-refractivity contribution in [3.05, 3.63) is 121 Å². The van der Waals surface area contributed by atoms with E-state index in [0.29, 0.717) is 75.0 Å². The highest BCUT2D eigenvalue weighted by atomic mass is 32.7. The SMILES string of the molecule is B[P@]1(=O)OC[C@H]2O[C@@H](n3cnc4c(N)ccnc43)[C@H](F)[C@@H]2O[P@](=O)(SCc2ccc(COCCOCCOCCn3nnc4c3-c3ccccc3CN(C(=O)CC)c3ccccc3-4)cc2)OC[C@H]2O[C@@H](n3cnc4c(N)ncnc43)[C@H](F)[C@@H]2O1. The molecule has 0 bridgehead atoms. The van der Waals surface area contributed by atoms with Crippen molar-refractivity contribution in [1.29, 1.82) is 0 Å². The Hall–Kier alpha value is -6.59. The molecule has 12 rings (SSSR count). The number of hydrogen-bond acceptors (Lipinski definition) is 22. The molecule has 0 aliphatic carbocycles. The van der Waals surface area contributed by atoms with Gasteiger partial charge in [-0.1, -0.05) is 78.9 Å². The summed E-state index contributed by atoms with van der Waals surface area (Å²) in [6, 6.07) is 24.7. The number of anilines is 3. The van der Waals surface area contributed by atoms with E-state index in [9.17, 15) is 9.36 Å². The molecule has 8 aromatic rings. The van der Waals surface area contributed by atoms with Gasteiger partial charge in [0.2, 0.25) is 5.91 Å². The van der Waals surface area contributed by atoms with E-state index in [-0.39, 0.29) is 40.9 Å². The van der Waals surface area contributed by atoms with Gasteiger partial charge in [0, 0.05) is 29.5 Å². The number of aromatic nitrogens is 10. The van der Waals surface area contributed by atoms with Gasteiger partial charge in [0.25, 0.3) is 15.0 Å². The second-order valence-corrected chi connectivity index (χ2v) is 26.2. The molecule has 0 saturated carbocycles. The molecular weight excluding hydrogens is 1150 g/mol. The fraction of sp³-hybridized carbons (Fsp3) is 0.396. The van der Waals surface area contributed by atoms with Gasteiger partial charge in [-0.15, -0.1) is 5.10 Å². The molecule has 440 valence electrons. The number of para-hydroxylation sites is 1. The van der Waals surface area contributed by atoms with Crippen LogP contribution in [0.4, 0.5) is 26.0 Å². The van der Waals surface area contributed by atoms with Crippen LogP contribution >= 0.6 is 25.7 Å². The highest BCUT2D eigenvalue weighted by Gasteiger charge is 2.55. The molecule has 9 heterocycles. The van der Waals surface area contributed by atoms with Gasteiger partial charge in [0.15, 0.2) is 41.9 Å². The number of hydrogen-bond donors (Lipinski definition) is 2. The van der Waals surface area contributed by atoms with E-state index in [1.165, 1.54) is 34.3 Å². The lowest BCUT2D eigenvalue weighted by molar-refractivity contribution is -0.118. The third kappa shape index (κ3) is 11.9. The number of carbonyl (C=O) groups excluding carboxylic acids is 1. The second kappa shape index (κ2) is 24.8. The van der Waals surface area contributed by atoms with E-state index in [4.69, 9.17) is 53.2 Å². The zero-order valence-electron chi connectivity index (χ0n) is 45.5.